The van der Waals surface area contributed by atoms with Gasteiger partial charge in [-0.2, -0.15) is 5.26 Å². The van der Waals surface area contributed by atoms with Gasteiger partial charge in [0.05, 0.1) is 26.7 Å². The molecule has 1 aliphatic rings. The van der Waals surface area contributed by atoms with Gasteiger partial charge in [-0.3, -0.25) is 4.99 Å². The van der Waals surface area contributed by atoms with E-state index in [9.17, 15) is 5.26 Å². The quantitative estimate of drug-likeness (QED) is 0.846. The molecule has 1 fully saturated rings. The number of hydrogen-bond donors (Lipinski definition) is 1. The molecule has 1 aromatic rings. The number of aromatic nitrogens is 1. The lowest BCUT2D eigenvalue weighted by Gasteiger charge is -2.38. The van der Waals surface area contributed by atoms with Crippen molar-refractivity contribution in [3.8, 4) is 6.07 Å². The summed E-state index contributed by atoms with van der Waals surface area (Å²) in [6.45, 7) is 2.77. The van der Waals surface area contributed by atoms with Crippen molar-refractivity contribution in [2.45, 2.75) is 50.5 Å². The predicted molar refractivity (Wildman–Crippen MR) is 87.2 cm³/mol. The lowest BCUT2D eigenvalue weighted by molar-refractivity contribution is -0.915. The lowest BCUT2D eigenvalue weighted by Crippen LogP contribution is -3.16. The Hall–Kier alpha value is -1.25. The molecule has 1 aromatic heterocycles. The summed E-state index contributed by atoms with van der Waals surface area (Å²) in [6.07, 6.45) is 8.22. The molecule has 0 aliphatic heterocycles. The van der Waals surface area contributed by atoms with E-state index in [2.05, 4.69) is 30.1 Å². The molecule has 21 heavy (non-hydrogen) atoms. The fourth-order valence-electron chi connectivity index (χ4n) is 3.04. The van der Waals surface area contributed by atoms with Crippen LogP contribution in [-0.2, 0) is 0 Å². The molecule has 0 spiro atoms. The minimum absolute atomic E-state index is 0.257. The molecule has 2 rings (SSSR count). The standard InChI is InChI=1S/C16H24N4S/c1-13-11-21-15(19-13)14(9-17)10-18-12-16(20(2)3)7-5-4-6-8-16/h10-11,14H,4-8,12H2,1-3H3/p+1/t14-/m1/s1. The molecule has 0 amide bonds. The third kappa shape index (κ3) is 3.90. The molecule has 0 unspecified atom stereocenters. The molecule has 0 radical (unpaired) electrons. The normalized spacial score (nSPS) is 19.8. The summed E-state index contributed by atoms with van der Waals surface area (Å²) in [5, 5.41) is 12.2. The fourth-order valence-corrected chi connectivity index (χ4v) is 3.85. The van der Waals surface area contributed by atoms with Gasteiger partial charge in [-0.15, -0.1) is 11.3 Å². The van der Waals surface area contributed by atoms with Crippen molar-refractivity contribution in [2.75, 3.05) is 20.6 Å². The highest BCUT2D eigenvalue weighted by atomic mass is 32.1. The smallest absolute Gasteiger partial charge is 0.133 e. The summed E-state index contributed by atoms with van der Waals surface area (Å²) in [6, 6.07) is 2.30. The van der Waals surface area contributed by atoms with Crippen LogP contribution in [0.2, 0.25) is 0 Å². The molecule has 114 valence electrons. The number of nitriles is 1. The van der Waals surface area contributed by atoms with Gasteiger partial charge in [0, 0.05) is 30.1 Å². The second kappa shape index (κ2) is 7.15. The van der Waals surface area contributed by atoms with Crippen molar-refractivity contribution < 1.29 is 4.90 Å². The Bertz CT molecular complexity index is 521. The van der Waals surface area contributed by atoms with Gasteiger partial charge in [-0.05, 0) is 19.8 Å². The number of aryl methyl sites for hydroxylation is 1. The number of nitrogens with one attached hydrogen (secondary N) is 1. The average molecular weight is 305 g/mol. The van der Waals surface area contributed by atoms with Gasteiger partial charge in [0.2, 0.25) is 0 Å². The minimum atomic E-state index is -0.304. The molecular formula is C16H25N4S+. The van der Waals surface area contributed by atoms with E-state index < -0.39 is 0 Å². The summed E-state index contributed by atoms with van der Waals surface area (Å²) in [5.41, 5.74) is 1.23. The van der Waals surface area contributed by atoms with Crippen LogP contribution in [0.25, 0.3) is 0 Å². The maximum Gasteiger partial charge on any atom is 0.133 e. The summed E-state index contributed by atoms with van der Waals surface area (Å²) in [5.74, 6) is -0.304. The van der Waals surface area contributed by atoms with Gasteiger partial charge >= 0.3 is 0 Å². The van der Waals surface area contributed by atoms with Crippen LogP contribution in [-0.4, -0.2) is 37.4 Å². The van der Waals surface area contributed by atoms with Crippen molar-refractivity contribution in [1.82, 2.24) is 4.98 Å². The highest BCUT2D eigenvalue weighted by molar-refractivity contribution is 7.09. The van der Waals surface area contributed by atoms with Crippen LogP contribution in [0.1, 0.15) is 48.7 Å². The van der Waals surface area contributed by atoms with Crippen LogP contribution in [0.3, 0.4) is 0 Å². The molecule has 1 saturated carbocycles. The highest BCUT2D eigenvalue weighted by Crippen LogP contribution is 2.26. The number of hydrogen-bond acceptors (Lipinski definition) is 4. The highest BCUT2D eigenvalue weighted by Gasteiger charge is 2.37. The Morgan fingerprint density at radius 3 is 2.71 bits per heavy atom. The first kappa shape index (κ1) is 16.1. The summed E-state index contributed by atoms with van der Waals surface area (Å²) >= 11 is 1.54. The fraction of sp³-hybridized carbons (Fsp3) is 0.688. The molecule has 1 atom stereocenters. The van der Waals surface area contributed by atoms with E-state index in [0.717, 1.165) is 17.2 Å². The summed E-state index contributed by atoms with van der Waals surface area (Å²) in [7, 11) is 4.46. The van der Waals surface area contributed by atoms with Crippen LogP contribution >= 0.6 is 11.3 Å². The van der Waals surface area contributed by atoms with Crippen molar-refractivity contribution >= 4 is 17.6 Å². The molecule has 4 nitrogen and oxygen atoms in total. The zero-order chi connectivity index (χ0) is 15.3. The number of likely N-dealkylation sites (N-methyl/N-ethyl adjacent to an activating group) is 1. The molecule has 0 bridgehead atoms. The molecule has 0 saturated heterocycles. The second-order valence-electron chi connectivity index (χ2n) is 6.26. The molecule has 5 heteroatoms. The van der Waals surface area contributed by atoms with Gasteiger partial charge in [0.25, 0.3) is 0 Å². The molecule has 1 heterocycles. The number of nitrogens with zero attached hydrogens (tertiary/aromatic N) is 3. The van der Waals surface area contributed by atoms with Gasteiger partial charge in [-0.25, -0.2) is 4.98 Å². The largest absolute Gasteiger partial charge is 0.333 e. The van der Waals surface area contributed by atoms with Crippen molar-refractivity contribution in [3.05, 3.63) is 16.1 Å². The molecule has 0 aromatic carbocycles. The summed E-state index contributed by atoms with van der Waals surface area (Å²) < 4.78 is 0. The maximum absolute atomic E-state index is 9.32. The third-order valence-electron chi connectivity index (χ3n) is 4.56. The average Bonchev–Trinajstić information content (AvgIpc) is 2.91. The Morgan fingerprint density at radius 1 is 1.48 bits per heavy atom. The van der Waals surface area contributed by atoms with Crippen LogP contribution in [0, 0.1) is 18.3 Å². The zero-order valence-corrected chi connectivity index (χ0v) is 14.0. The van der Waals surface area contributed by atoms with E-state index >= 15 is 0 Å². The predicted octanol–water partition coefficient (Wildman–Crippen LogP) is 1.98. The minimum Gasteiger partial charge on any atom is -0.333 e. The monoisotopic (exact) mass is 305 g/mol. The van der Waals surface area contributed by atoms with Gasteiger partial charge in [0.15, 0.2) is 0 Å². The van der Waals surface area contributed by atoms with E-state index in [4.69, 9.17) is 0 Å². The Labute approximate surface area is 131 Å². The van der Waals surface area contributed by atoms with Gasteiger partial charge in [0.1, 0.15) is 16.5 Å². The Kier molecular flexibility index (Phi) is 5.49. The first-order valence-electron chi connectivity index (χ1n) is 7.70. The molecule has 1 N–H and O–H groups in total. The van der Waals surface area contributed by atoms with Crippen molar-refractivity contribution in [2.24, 2.45) is 4.99 Å². The number of thiazole rings is 1. The van der Waals surface area contributed by atoms with Gasteiger partial charge < -0.3 is 4.90 Å². The second-order valence-corrected chi connectivity index (χ2v) is 7.15. The van der Waals surface area contributed by atoms with Crippen LogP contribution in [0.5, 0.6) is 0 Å². The van der Waals surface area contributed by atoms with Crippen molar-refractivity contribution in [3.63, 3.8) is 0 Å². The molecule has 1 aliphatic carbocycles. The number of rotatable bonds is 5. The van der Waals surface area contributed by atoms with E-state index in [1.807, 2.05) is 12.3 Å². The number of aliphatic imine (C=N–C) groups is 1. The molecular weight excluding hydrogens is 280 g/mol. The van der Waals surface area contributed by atoms with Gasteiger partial charge in [-0.1, -0.05) is 6.42 Å². The first-order chi connectivity index (χ1) is 10.1. The van der Waals surface area contributed by atoms with Crippen LogP contribution in [0.15, 0.2) is 10.4 Å². The first-order valence-corrected chi connectivity index (χ1v) is 8.57. The SMILES string of the molecule is Cc1csc([C@H](C#N)C=NCC2([NH+](C)C)CCCCC2)n1. The third-order valence-corrected chi connectivity index (χ3v) is 5.61. The Morgan fingerprint density at radius 2 is 2.19 bits per heavy atom. The van der Waals surface area contributed by atoms with E-state index in [1.54, 1.807) is 17.6 Å². The lowest BCUT2D eigenvalue weighted by atomic mass is 9.81. The van der Waals surface area contributed by atoms with Crippen molar-refractivity contribution in [1.29, 1.82) is 5.26 Å². The summed E-state index contributed by atoms with van der Waals surface area (Å²) in [4.78, 5) is 10.5. The van der Waals surface area contributed by atoms with Crippen LogP contribution in [0.4, 0.5) is 0 Å². The van der Waals surface area contributed by atoms with Crippen LogP contribution < -0.4 is 4.90 Å². The topological polar surface area (TPSA) is 53.5 Å². The Balaban J connectivity index is 2.04. The van der Waals surface area contributed by atoms with E-state index in [1.165, 1.54) is 37.0 Å². The van der Waals surface area contributed by atoms with E-state index in [0.29, 0.717) is 0 Å². The number of quaternary nitrogens is 1. The maximum atomic E-state index is 9.32. The zero-order valence-electron chi connectivity index (χ0n) is 13.2. The van der Waals surface area contributed by atoms with E-state index in [-0.39, 0.29) is 11.5 Å².